The summed E-state index contributed by atoms with van der Waals surface area (Å²) < 4.78 is 0. The van der Waals surface area contributed by atoms with Crippen molar-refractivity contribution in [3.63, 3.8) is 0 Å². The van der Waals surface area contributed by atoms with Crippen molar-refractivity contribution in [1.29, 1.82) is 0 Å². The lowest BCUT2D eigenvalue weighted by atomic mass is 10.0. The maximum absolute atomic E-state index is 12.0. The minimum Gasteiger partial charge on any atom is -0.480 e. The van der Waals surface area contributed by atoms with Gasteiger partial charge in [-0.15, -0.1) is 0 Å². The second kappa shape index (κ2) is 14.3. The quantitative estimate of drug-likeness (QED) is 0.415. The molecule has 1 aromatic rings. The topological polar surface area (TPSA) is 86.6 Å². The SMILES string of the molecule is O=C(CCCCCCCCCCCO)NC(Cc1ccccc1)C(=O)O. The second-order valence-corrected chi connectivity index (χ2v) is 6.80. The Morgan fingerprint density at radius 1 is 0.846 bits per heavy atom. The smallest absolute Gasteiger partial charge is 0.326 e. The first-order valence-corrected chi connectivity index (χ1v) is 9.80. The molecule has 0 spiro atoms. The van der Waals surface area contributed by atoms with Crippen molar-refractivity contribution in [2.24, 2.45) is 0 Å². The summed E-state index contributed by atoms with van der Waals surface area (Å²) >= 11 is 0. The Balaban J connectivity index is 2.11. The van der Waals surface area contributed by atoms with Gasteiger partial charge in [-0.25, -0.2) is 4.79 Å². The Hall–Kier alpha value is -1.88. The van der Waals surface area contributed by atoms with Gasteiger partial charge in [0.1, 0.15) is 6.04 Å². The lowest BCUT2D eigenvalue weighted by Crippen LogP contribution is -2.42. The molecule has 0 saturated heterocycles. The first-order valence-electron chi connectivity index (χ1n) is 9.80. The fourth-order valence-electron chi connectivity index (χ4n) is 2.95. The molecular formula is C21H33NO4. The summed E-state index contributed by atoms with van der Waals surface area (Å²) in [6, 6.07) is 8.47. The van der Waals surface area contributed by atoms with Crippen LogP contribution in [0, 0.1) is 0 Å². The zero-order valence-corrected chi connectivity index (χ0v) is 15.7. The first-order chi connectivity index (χ1) is 12.6. The van der Waals surface area contributed by atoms with E-state index < -0.39 is 12.0 Å². The van der Waals surface area contributed by atoms with Crippen LogP contribution in [0.5, 0.6) is 0 Å². The van der Waals surface area contributed by atoms with Crippen molar-refractivity contribution in [1.82, 2.24) is 5.32 Å². The Kier molecular flexibility index (Phi) is 12.2. The molecule has 0 aromatic heterocycles. The highest BCUT2D eigenvalue weighted by molar-refractivity contribution is 5.83. The number of hydrogen-bond acceptors (Lipinski definition) is 3. The van der Waals surface area contributed by atoms with E-state index in [-0.39, 0.29) is 12.5 Å². The Morgan fingerprint density at radius 2 is 1.38 bits per heavy atom. The standard InChI is InChI=1S/C21H33NO4/c23-16-12-7-5-3-1-2-4-6-11-15-20(24)22-19(21(25)26)17-18-13-9-8-10-14-18/h8-10,13-14,19,23H,1-7,11-12,15-17H2,(H,22,24)(H,25,26). The van der Waals surface area contributed by atoms with Gasteiger partial charge in [0.25, 0.3) is 0 Å². The molecule has 0 aliphatic heterocycles. The predicted molar refractivity (Wildman–Crippen MR) is 103 cm³/mol. The molecule has 5 nitrogen and oxygen atoms in total. The average Bonchev–Trinajstić information content (AvgIpc) is 2.63. The number of rotatable bonds is 15. The number of carboxylic acids is 1. The van der Waals surface area contributed by atoms with Crippen LogP contribution in [0.25, 0.3) is 0 Å². The Bertz CT molecular complexity index is 504. The third kappa shape index (κ3) is 10.9. The van der Waals surface area contributed by atoms with E-state index in [0.717, 1.165) is 37.7 Å². The van der Waals surface area contributed by atoms with Crippen molar-refractivity contribution in [2.45, 2.75) is 76.7 Å². The normalized spacial score (nSPS) is 11.9. The highest BCUT2D eigenvalue weighted by atomic mass is 16.4. The van der Waals surface area contributed by atoms with E-state index in [4.69, 9.17) is 5.11 Å². The van der Waals surface area contributed by atoms with E-state index >= 15 is 0 Å². The van der Waals surface area contributed by atoms with Gasteiger partial charge in [-0.3, -0.25) is 4.79 Å². The average molecular weight is 363 g/mol. The molecule has 0 aliphatic carbocycles. The molecule has 3 N–H and O–H groups in total. The number of unbranched alkanes of at least 4 members (excludes halogenated alkanes) is 8. The number of amides is 1. The van der Waals surface area contributed by atoms with Crippen LogP contribution in [0.15, 0.2) is 30.3 Å². The number of aliphatic hydroxyl groups excluding tert-OH is 1. The van der Waals surface area contributed by atoms with Gasteiger partial charge in [-0.1, -0.05) is 75.3 Å². The van der Waals surface area contributed by atoms with Crippen LogP contribution < -0.4 is 5.32 Å². The van der Waals surface area contributed by atoms with Gasteiger partial charge in [0.2, 0.25) is 5.91 Å². The van der Waals surface area contributed by atoms with Crippen LogP contribution in [0.2, 0.25) is 0 Å². The monoisotopic (exact) mass is 363 g/mol. The summed E-state index contributed by atoms with van der Waals surface area (Å²) in [5.74, 6) is -1.18. The van der Waals surface area contributed by atoms with Gasteiger partial charge >= 0.3 is 5.97 Å². The lowest BCUT2D eigenvalue weighted by Gasteiger charge is -2.14. The van der Waals surface area contributed by atoms with E-state index in [1.54, 1.807) is 0 Å². The number of nitrogens with one attached hydrogen (secondary N) is 1. The van der Waals surface area contributed by atoms with Crippen LogP contribution in [-0.4, -0.2) is 34.7 Å². The van der Waals surface area contributed by atoms with E-state index in [9.17, 15) is 14.7 Å². The Labute approximate surface area is 156 Å². The second-order valence-electron chi connectivity index (χ2n) is 6.80. The molecule has 0 heterocycles. The highest BCUT2D eigenvalue weighted by Gasteiger charge is 2.19. The number of hydrogen-bond donors (Lipinski definition) is 3. The number of aliphatic hydroxyl groups is 1. The van der Waals surface area contributed by atoms with Crippen molar-refractivity contribution >= 4 is 11.9 Å². The molecule has 1 rings (SSSR count). The minimum atomic E-state index is -0.997. The van der Waals surface area contributed by atoms with E-state index in [1.807, 2.05) is 30.3 Å². The number of benzene rings is 1. The van der Waals surface area contributed by atoms with Crippen LogP contribution in [0.3, 0.4) is 0 Å². The fourth-order valence-corrected chi connectivity index (χ4v) is 2.95. The van der Waals surface area contributed by atoms with Gasteiger partial charge in [-0.05, 0) is 18.4 Å². The maximum Gasteiger partial charge on any atom is 0.326 e. The molecule has 0 radical (unpaired) electrons. The molecule has 26 heavy (non-hydrogen) atoms. The summed E-state index contributed by atoms with van der Waals surface area (Å²) in [5.41, 5.74) is 0.902. The molecule has 1 aromatic carbocycles. The number of carboxylic acid groups (broad SMARTS) is 1. The number of aliphatic carboxylic acids is 1. The van der Waals surface area contributed by atoms with Gasteiger partial charge < -0.3 is 15.5 Å². The summed E-state index contributed by atoms with van der Waals surface area (Å²) in [4.78, 5) is 23.3. The fraction of sp³-hybridized carbons (Fsp3) is 0.619. The minimum absolute atomic E-state index is 0.183. The molecule has 5 heteroatoms. The van der Waals surface area contributed by atoms with Crippen molar-refractivity contribution in [2.75, 3.05) is 6.61 Å². The summed E-state index contributed by atoms with van der Waals surface area (Å²) in [6.45, 7) is 0.288. The largest absolute Gasteiger partial charge is 0.480 e. The Morgan fingerprint density at radius 3 is 1.92 bits per heavy atom. The summed E-state index contributed by atoms with van der Waals surface area (Å²) in [7, 11) is 0. The van der Waals surface area contributed by atoms with E-state index in [1.165, 1.54) is 25.7 Å². The van der Waals surface area contributed by atoms with E-state index in [0.29, 0.717) is 12.8 Å². The van der Waals surface area contributed by atoms with Crippen molar-refractivity contribution in [3.05, 3.63) is 35.9 Å². The van der Waals surface area contributed by atoms with Crippen LogP contribution >= 0.6 is 0 Å². The van der Waals surface area contributed by atoms with Gasteiger partial charge in [0.15, 0.2) is 0 Å². The van der Waals surface area contributed by atoms with Crippen molar-refractivity contribution in [3.8, 4) is 0 Å². The van der Waals surface area contributed by atoms with Gasteiger partial charge in [0.05, 0.1) is 0 Å². The summed E-state index contributed by atoms with van der Waals surface area (Å²) in [6.07, 6.45) is 10.4. The van der Waals surface area contributed by atoms with Gasteiger partial charge in [0, 0.05) is 19.4 Å². The molecule has 0 fully saturated rings. The van der Waals surface area contributed by atoms with Crippen LogP contribution in [0.4, 0.5) is 0 Å². The van der Waals surface area contributed by atoms with Crippen molar-refractivity contribution < 1.29 is 19.8 Å². The molecular weight excluding hydrogens is 330 g/mol. The molecule has 0 bridgehead atoms. The molecule has 1 amide bonds. The lowest BCUT2D eigenvalue weighted by molar-refractivity contribution is -0.141. The molecule has 1 unspecified atom stereocenters. The summed E-state index contributed by atoms with van der Waals surface area (Å²) in [5, 5.41) is 20.6. The highest BCUT2D eigenvalue weighted by Crippen LogP contribution is 2.11. The molecule has 1 atom stereocenters. The van der Waals surface area contributed by atoms with Gasteiger partial charge in [-0.2, -0.15) is 0 Å². The molecule has 146 valence electrons. The molecule has 0 aliphatic rings. The van der Waals surface area contributed by atoms with E-state index in [2.05, 4.69) is 5.32 Å². The van der Waals surface area contributed by atoms with Crippen LogP contribution in [-0.2, 0) is 16.0 Å². The number of carbonyl (C=O) groups excluding carboxylic acids is 1. The third-order valence-corrected chi connectivity index (χ3v) is 4.48. The van der Waals surface area contributed by atoms with Crippen LogP contribution in [0.1, 0.15) is 69.8 Å². The predicted octanol–water partition coefficient (Wildman–Crippen LogP) is 3.69. The number of carbonyl (C=O) groups is 2. The molecule has 0 saturated carbocycles. The third-order valence-electron chi connectivity index (χ3n) is 4.48. The zero-order chi connectivity index (χ0) is 19.0. The zero-order valence-electron chi connectivity index (χ0n) is 15.7. The maximum atomic E-state index is 12.0. The first kappa shape index (κ1) is 22.2.